The van der Waals surface area contributed by atoms with Crippen molar-refractivity contribution in [2.45, 2.75) is 79.9 Å². The Morgan fingerprint density at radius 3 is 2.23 bits per heavy atom. The van der Waals surface area contributed by atoms with Crippen LogP contribution in [0.4, 0.5) is 14.5 Å². The Kier molecular flexibility index (Phi) is 13.5. The highest BCUT2D eigenvalue weighted by molar-refractivity contribution is 5.84. The van der Waals surface area contributed by atoms with Gasteiger partial charge in [-0.25, -0.2) is 8.78 Å². The van der Waals surface area contributed by atoms with E-state index in [-0.39, 0.29) is 11.6 Å². The van der Waals surface area contributed by atoms with Crippen LogP contribution in [0.1, 0.15) is 87.3 Å². The van der Waals surface area contributed by atoms with E-state index in [2.05, 4.69) is 91.3 Å². The van der Waals surface area contributed by atoms with E-state index in [1.54, 1.807) is 24.3 Å². The van der Waals surface area contributed by atoms with E-state index >= 15 is 0 Å². The van der Waals surface area contributed by atoms with E-state index in [0.717, 1.165) is 66.7 Å². The standard InChI is InChI=1S/C41H46F2N2.C2H6/c1-5-11-35-25-33(19-20-40(35)39(12-6-2)36-15-10-17-38(43)27-36)28-44-23-21-34(22-24-44)31(4)45(41-18-8-7-13-30(41)3)29-32-14-9-16-37(42)26-32;1-2/h5,7-20,25-27,31,34H,6,21-24,28-29H2,1-4H3;1-2H3/b11-5+,39-12-;. The zero-order chi connectivity index (χ0) is 33.8. The molecule has 4 aromatic rings. The topological polar surface area (TPSA) is 6.48 Å². The summed E-state index contributed by atoms with van der Waals surface area (Å²) in [5, 5.41) is 0. The fourth-order valence-electron chi connectivity index (χ4n) is 6.79. The fraction of sp³-hybridized carbons (Fsp3) is 0.349. The molecule has 248 valence electrons. The monoisotopic (exact) mass is 634 g/mol. The van der Waals surface area contributed by atoms with Crippen LogP contribution in [-0.4, -0.2) is 24.0 Å². The van der Waals surface area contributed by atoms with Crippen LogP contribution in [0.15, 0.2) is 103 Å². The predicted octanol–water partition coefficient (Wildman–Crippen LogP) is 11.5. The van der Waals surface area contributed by atoms with Crippen molar-refractivity contribution in [3.8, 4) is 0 Å². The minimum atomic E-state index is -0.215. The average Bonchev–Trinajstić information content (AvgIpc) is 3.08. The SMILES string of the molecule is C/C=C/c1cc(CN2CCC(C(C)N(Cc3cccc(F)c3)c3ccccc3C)CC2)ccc1/C(=C\CC)c1cccc(F)c1.CC. The molecule has 0 saturated carbocycles. The summed E-state index contributed by atoms with van der Waals surface area (Å²) in [7, 11) is 0. The first-order chi connectivity index (χ1) is 22.9. The van der Waals surface area contributed by atoms with E-state index in [9.17, 15) is 8.78 Å². The fourth-order valence-corrected chi connectivity index (χ4v) is 6.79. The van der Waals surface area contributed by atoms with E-state index in [1.807, 2.05) is 32.9 Å². The number of allylic oxidation sites excluding steroid dienone is 2. The molecule has 1 aliphatic heterocycles. The zero-order valence-corrected chi connectivity index (χ0v) is 29.1. The van der Waals surface area contributed by atoms with Gasteiger partial charge in [-0.15, -0.1) is 0 Å². The highest BCUT2D eigenvalue weighted by atomic mass is 19.1. The molecule has 4 aromatic carbocycles. The van der Waals surface area contributed by atoms with Crippen molar-refractivity contribution < 1.29 is 8.78 Å². The van der Waals surface area contributed by atoms with Gasteiger partial charge < -0.3 is 4.90 Å². The molecule has 47 heavy (non-hydrogen) atoms. The number of benzene rings is 4. The number of likely N-dealkylation sites (tertiary alicyclic amines) is 1. The van der Waals surface area contributed by atoms with Crippen LogP contribution >= 0.6 is 0 Å². The molecule has 0 aliphatic carbocycles. The van der Waals surface area contributed by atoms with Crippen LogP contribution in [0, 0.1) is 24.5 Å². The predicted molar refractivity (Wildman–Crippen MR) is 197 cm³/mol. The molecular weight excluding hydrogens is 582 g/mol. The first-order valence-corrected chi connectivity index (χ1v) is 17.4. The van der Waals surface area contributed by atoms with E-state index in [0.29, 0.717) is 18.5 Å². The normalized spacial score (nSPS) is 14.9. The second-order valence-corrected chi connectivity index (χ2v) is 12.4. The molecule has 0 bridgehead atoms. The van der Waals surface area contributed by atoms with Crippen molar-refractivity contribution >= 4 is 17.3 Å². The number of rotatable bonds is 11. The zero-order valence-electron chi connectivity index (χ0n) is 29.1. The molecule has 5 rings (SSSR count). The Balaban J connectivity index is 0.00000245. The van der Waals surface area contributed by atoms with Crippen LogP contribution in [0.5, 0.6) is 0 Å². The van der Waals surface area contributed by atoms with Crippen LogP contribution in [0.2, 0.25) is 0 Å². The first-order valence-electron chi connectivity index (χ1n) is 17.4. The molecular formula is C43H52F2N2. The molecule has 2 nitrogen and oxygen atoms in total. The van der Waals surface area contributed by atoms with Gasteiger partial charge in [-0.3, -0.25) is 4.90 Å². The Morgan fingerprint density at radius 2 is 1.57 bits per heavy atom. The van der Waals surface area contributed by atoms with Crippen LogP contribution in [0.25, 0.3) is 11.6 Å². The quantitative estimate of drug-likeness (QED) is 0.162. The van der Waals surface area contributed by atoms with Crippen molar-refractivity contribution in [2.24, 2.45) is 5.92 Å². The Labute approximate surface area is 282 Å². The second-order valence-electron chi connectivity index (χ2n) is 12.4. The Bertz CT molecular complexity index is 1630. The maximum Gasteiger partial charge on any atom is 0.123 e. The van der Waals surface area contributed by atoms with Gasteiger partial charge in [-0.2, -0.15) is 0 Å². The highest BCUT2D eigenvalue weighted by Gasteiger charge is 2.29. The van der Waals surface area contributed by atoms with E-state index < -0.39 is 0 Å². The Morgan fingerprint density at radius 1 is 0.872 bits per heavy atom. The minimum absolute atomic E-state index is 0.185. The van der Waals surface area contributed by atoms with Crippen LogP contribution in [0.3, 0.4) is 0 Å². The molecule has 1 saturated heterocycles. The largest absolute Gasteiger partial charge is 0.364 e. The lowest BCUT2D eigenvalue weighted by molar-refractivity contribution is 0.163. The molecule has 0 spiro atoms. The number of hydrogen-bond donors (Lipinski definition) is 0. The number of aryl methyl sites for hydroxylation is 1. The summed E-state index contributed by atoms with van der Waals surface area (Å²) in [5.41, 5.74) is 9.03. The summed E-state index contributed by atoms with van der Waals surface area (Å²) in [5.74, 6) is 0.145. The van der Waals surface area contributed by atoms with Crippen molar-refractivity contribution in [3.63, 3.8) is 0 Å². The molecule has 0 amide bonds. The van der Waals surface area contributed by atoms with Crippen LogP contribution < -0.4 is 4.90 Å². The summed E-state index contributed by atoms with van der Waals surface area (Å²) in [6.45, 7) is 16.3. The lowest BCUT2D eigenvalue weighted by Gasteiger charge is -2.41. The number of nitrogens with zero attached hydrogens (tertiary/aromatic N) is 2. The van der Waals surface area contributed by atoms with Gasteiger partial charge >= 0.3 is 0 Å². The summed E-state index contributed by atoms with van der Waals surface area (Å²) in [6, 6.07) is 29.5. The minimum Gasteiger partial charge on any atom is -0.364 e. The maximum absolute atomic E-state index is 14.1. The lowest BCUT2D eigenvalue weighted by atomic mass is 9.88. The smallest absolute Gasteiger partial charge is 0.123 e. The van der Waals surface area contributed by atoms with E-state index in [4.69, 9.17) is 0 Å². The van der Waals surface area contributed by atoms with Gasteiger partial charge in [0, 0.05) is 24.8 Å². The van der Waals surface area contributed by atoms with Gasteiger partial charge in [-0.1, -0.05) is 93.6 Å². The Hall–Kier alpha value is -4.02. The molecule has 4 heteroatoms. The number of halogens is 2. The van der Waals surface area contributed by atoms with Gasteiger partial charge in [0.2, 0.25) is 0 Å². The van der Waals surface area contributed by atoms with Crippen molar-refractivity contribution in [1.82, 2.24) is 4.90 Å². The van der Waals surface area contributed by atoms with Gasteiger partial charge in [-0.05, 0) is 134 Å². The van der Waals surface area contributed by atoms with Crippen molar-refractivity contribution in [3.05, 3.63) is 148 Å². The van der Waals surface area contributed by atoms with E-state index in [1.165, 1.54) is 28.9 Å². The number of para-hydroxylation sites is 1. The first kappa shape index (κ1) is 35.8. The molecule has 0 radical (unpaired) electrons. The van der Waals surface area contributed by atoms with Crippen molar-refractivity contribution in [2.75, 3.05) is 18.0 Å². The number of hydrogen-bond acceptors (Lipinski definition) is 2. The molecule has 1 atom stereocenters. The van der Waals surface area contributed by atoms with Gasteiger partial charge in [0.05, 0.1) is 0 Å². The third-order valence-electron chi connectivity index (χ3n) is 9.18. The molecule has 1 unspecified atom stereocenters. The maximum atomic E-state index is 14.1. The van der Waals surface area contributed by atoms with Gasteiger partial charge in [0.25, 0.3) is 0 Å². The van der Waals surface area contributed by atoms with Crippen LogP contribution in [-0.2, 0) is 13.1 Å². The number of anilines is 1. The average molecular weight is 635 g/mol. The molecule has 1 fully saturated rings. The third kappa shape index (κ3) is 9.51. The summed E-state index contributed by atoms with van der Waals surface area (Å²) in [4.78, 5) is 5.05. The molecule has 1 aliphatic rings. The van der Waals surface area contributed by atoms with Gasteiger partial charge in [0.1, 0.15) is 11.6 Å². The summed E-state index contributed by atoms with van der Waals surface area (Å²) >= 11 is 0. The van der Waals surface area contributed by atoms with Crippen molar-refractivity contribution in [1.29, 1.82) is 0 Å². The molecule has 0 N–H and O–H groups in total. The second kappa shape index (κ2) is 17.8. The highest BCUT2D eigenvalue weighted by Crippen LogP contribution is 2.33. The summed E-state index contributed by atoms with van der Waals surface area (Å²) < 4.78 is 28.2. The molecule has 0 aromatic heterocycles. The number of piperidine rings is 1. The molecule has 1 heterocycles. The van der Waals surface area contributed by atoms with Gasteiger partial charge in [0.15, 0.2) is 0 Å². The summed E-state index contributed by atoms with van der Waals surface area (Å²) in [6.07, 6.45) is 9.55. The third-order valence-corrected chi connectivity index (χ3v) is 9.18. The lowest BCUT2D eigenvalue weighted by Crippen LogP contribution is -2.44.